The molecule has 0 aromatic carbocycles. The molecule has 0 aliphatic heterocycles. The zero-order chi connectivity index (χ0) is 47.5. The van der Waals surface area contributed by atoms with Crippen LogP contribution in [0.3, 0.4) is 0 Å². The fourth-order valence-electron chi connectivity index (χ4n) is 8.64. The van der Waals surface area contributed by atoms with Gasteiger partial charge in [0, 0.05) is 18.4 Å². The summed E-state index contributed by atoms with van der Waals surface area (Å²) in [6.07, 6.45) is 65.8. The molecule has 0 spiro atoms. The molecule has 6 nitrogen and oxygen atoms in total. The van der Waals surface area contributed by atoms with Crippen molar-refractivity contribution in [3.63, 3.8) is 0 Å². The van der Waals surface area contributed by atoms with E-state index in [0.717, 1.165) is 38.5 Å². The van der Waals surface area contributed by atoms with Crippen LogP contribution in [0.15, 0.2) is 0 Å². The first-order valence-electron chi connectivity index (χ1n) is 28.9. The summed E-state index contributed by atoms with van der Waals surface area (Å²) in [5, 5.41) is 29.0. The number of aliphatic carboxylic acids is 3. The summed E-state index contributed by atoms with van der Waals surface area (Å²) in [7, 11) is 0. The summed E-state index contributed by atoms with van der Waals surface area (Å²) in [6, 6.07) is 0. The number of hydrogen-bond acceptors (Lipinski definition) is 5. The van der Waals surface area contributed by atoms with Crippen LogP contribution >= 0.6 is 0 Å². The average molecular weight is 1120 g/mol. The first-order valence-corrected chi connectivity index (χ1v) is 28.9. The average Bonchev–Trinajstić information content (AvgIpc) is 3.27. The molecule has 66 heavy (non-hydrogen) atoms. The molecule has 0 aliphatic rings. The van der Waals surface area contributed by atoms with Crippen molar-refractivity contribution in [1.29, 1.82) is 0 Å². The van der Waals surface area contributed by atoms with Crippen molar-refractivity contribution in [2.24, 2.45) is 0 Å². The number of unbranched alkanes of at least 4 members (excludes halogenated alkanes) is 46. The normalized spacial score (nSPS) is 10.6. The Morgan fingerprint density at radius 3 is 0.485 bits per heavy atom. The van der Waals surface area contributed by atoms with Crippen LogP contribution in [0.4, 0.5) is 0 Å². The van der Waals surface area contributed by atoms with E-state index in [1.165, 1.54) is 276 Å². The van der Waals surface area contributed by atoms with E-state index in [2.05, 4.69) is 20.8 Å². The van der Waals surface area contributed by atoms with Gasteiger partial charge in [0.1, 0.15) is 0 Å². The van der Waals surface area contributed by atoms with Gasteiger partial charge in [0.15, 0.2) is 0 Å². The Kier molecular flexibility index (Phi) is 81.0. The third-order valence-electron chi connectivity index (χ3n) is 13.0. The third-order valence-corrected chi connectivity index (χ3v) is 13.0. The zero-order valence-electron chi connectivity index (χ0n) is 44.4. The molecule has 0 aromatic rings. The number of carboxylic acid groups (broad SMARTS) is 3. The van der Waals surface area contributed by atoms with Gasteiger partial charge in [-0.05, 0) is 32.1 Å². The zero-order valence-corrected chi connectivity index (χ0v) is 47.3. The molecule has 0 aromatic heterocycles. The molecular weight excluding hydrogens is 1010 g/mol. The summed E-state index contributed by atoms with van der Waals surface area (Å²) < 4.78 is 0. The molecule has 0 unspecified atom stereocenters. The van der Waals surface area contributed by atoms with E-state index in [9.17, 15) is 24.6 Å². The molecule has 404 valence electrons. The van der Waals surface area contributed by atoms with E-state index < -0.39 is 17.9 Å². The van der Waals surface area contributed by atoms with Crippen LogP contribution in [-0.2, 0) is 59.1 Å². The molecule has 0 heterocycles. The maximum atomic E-state index is 10.4. The van der Waals surface area contributed by atoms with E-state index >= 15 is 0 Å². The Hall–Kier alpha value is -0.109. The van der Waals surface area contributed by atoms with Crippen molar-refractivity contribution >= 4 is 17.9 Å². The molecule has 8 heteroatoms. The number of carbonyl (C=O) groups excluding carboxylic acids is 2. The van der Waals surface area contributed by atoms with E-state index in [1.807, 2.05) is 0 Å². The molecule has 0 aliphatic carbocycles. The van der Waals surface area contributed by atoms with E-state index in [-0.39, 0.29) is 57.6 Å². The maximum absolute atomic E-state index is 10.4. The van der Waals surface area contributed by atoms with Crippen LogP contribution in [-0.4, -0.2) is 23.0 Å². The third kappa shape index (κ3) is 83.9. The van der Waals surface area contributed by atoms with Crippen molar-refractivity contribution in [3.05, 3.63) is 0 Å². The molecule has 1 N–H and O–H groups in total. The van der Waals surface area contributed by atoms with Crippen LogP contribution in [0.2, 0.25) is 0 Å². The minimum atomic E-state index is -0.903. The van der Waals surface area contributed by atoms with Crippen molar-refractivity contribution in [1.82, 2.24) is 0 Å². The molecule has 0 bridgehead atoms. The first-order chi connectivity index (χ1) is 31.3. The largest absolute Gasteiger partial charge is 1.00 e. The van der Waals surface area contributed by atoms with Crippen LogP contribution in [0, 0.1) is 0 Å². The van der Waals surface area contributed by atoms with Gasteiger partial charge in [-0.25, -0.2) is 0 Å². The van der Waals surface area contributed by atoms with Crippen LogP contribution in [0.5, 0.6) is 0 Å². The molecule has 0 atom stereocenters. The summed E-state index contributed by atoms with van der Waals surface area (Å²) >= 11 is 0. The van der Waals surface area contributed by atoms with Gasteiger partial charge < -0.3 is 24.9 Å². The SMILES string of the molecule is CCCCCCCCCCCCCCCCCC(=O)[O-].CCCCCCCCCCCCCCCCCC(=O)[O-].CCCCCCCCCCCCCCCCCCCCCC(=O)O.[Ag+].[Ag+]. The van der Waals surface area contributed by atoms with Crippen molar-refractivity contribution in [2.75, 3.05) is 0 Å². The van der Waals surface area contributed by atoms with Gasteiger partial charge in [-0.15, -0.1) is 0 Å². The molecule has 0 amide bonds. The molecule has 0 fully saturated rings. The molecule has 0 saturated heterocycles. The summed E-state index contributed by atoms with van der Waals surface area (Å²) in [6.45, 7) is 6.82. The van der Waals surface area contributed by atoms with Gasteiger partial charge in [0.05, 0.1) is 0 Å². The Balaban J connectivity index is -0.000000279. The number of rotatable bonds is 52. The van der Waals surface area contributed by atoms with E-state index in [0.29, 0.717) is 6.42 Å². The Morgan fingerprint density at radius 1 is 0.242 bits per heavy atom. The van der Waals surface area contributed by atoms with E-state index in [1.54, 1.807) is 0 Å². The standard InChI is InChI=1S/C22H44O2.2C18H36O2.2Ag/c1-2-3-4-5-6-7-8-9-10-11-12-13-14-15-16-17-18-19-20-21-22(23)24;2*1-2-3-4-5-6-7-8-9-10-11-12-13-14-15-16-17-18(19)20;;/h2-21H2,1H3,(H,23,24);2*2-17H2,1H3,(H,19,20);;/q;;;2*+1/p-2. The molecule has 0 saturated carbocycles. The van der Waals surface area contributed by atoms with Crippen LogP contribution < -0.4 is 10.2 Å². The number of hydrogen-bond donors (Lipinski definition) is 1. The van der Waals surface area contributed by atoms with Gasteiger partial charge in [-0.2, -0.15) is 0 Å². The smallest absolute Gasteiger partial charge is 0.550 e. The van der Waals surface area contributed by atoms with E-state index in [4.69, 9.17) is 5.11 Å². The number of carboxylic acids is 3. The fraction of sp³-hybridized carbons (Fsp3) is 0.948. The Bertz CT molecular complexity index is 844. The minimum Gasteiger partial charge on any atom is -0.550 e. The molecular formula is C58H114Ag2O6. The van der Waals surface area contributed by atoms with Crippen LogP contribution in [0.25, 0.3) is 0 Å². The second-order valence-electron chi connectivity index (χ2n) is 19.7. The van der Waals surface area contributed by atoms with Gasteiger partial charge in [-0.1, -0.05) is 316 Å². The molecule has 0 rings (SSSR count). The molecule has 0 radical (unpaired) electrons. The number of carbonyl (C=O) groups is 3. The monoisotopic (exact) mass is 1120 g/mol. The van der Waals surface area contributed by atoms with Crippen molar-refractivity contribution in [2.45, 2.75) is 355 Å². The fourth-order valence-corrected chi connectivity index (χ4v) is 8.64. The summed E-state index contributed by atoms with van der Waals surface area (Å²) in [5.74, 6) is -2.46. The quantitative estimate of drug-likeness (QED) is 0.0479. The van der Waals surface area contributed by atoms with Gasteiger partial charge in [0.2, 0.25) is 0 Å². The Labute approximate surface area is 444 Å². The maximum Gasteiger partial charge on any atom is 1.00 e. The Morgan fingerprint density at radius 2 is 0.364 bits per heavy atom. The van der Waals surface area contributed by atoms with Crippen LogP contribution in [0.1, 0.15) is 355 Å². The predicted molar refractivity (Wildman–Crippen MR) is 275 cm³/mol. The first kappa shape index (κ1) is 74.8. The van der Waals surface area contributed by atoms with Gasteiger partial charge in [0.25, 0.3) is 0 Å². The van der Waals surface area contributed by atoms with Gasteiger partial charge >= 0.3 is 50.7 Å². The predicted octanol–water partition coefficient (Wildman–Crippen LogP) is 17.9. The summed E-state index contributed by atoms with van der Waals surface area (Å²) in [4.78, 5) is 30.8. The van der Waals surface area contributed by atoms with Crippen molar-refractivity contribution in [3.8, 4) is 0 Å². The second-order valence-corrected chi connectivity index (χ2v) is 19.7. The summed E-state index contributed by atoms with van der Waals surface area (Å²) in [5.41, 5.74) is 0. The van der Waals surface area contributed by atoms with Crippen molar-refractivity contribution < 1.29 is 74.5 Å². The topological polar surface area (TPSA) is 118 Å². The second kappa shape index (κ2) is 71.4. The van der Waals surface area contributed by atoms with Gasteiger partial charge in [-0.3, -0.25) is 4.79 Å². The minimum absolute atomic E-state index is 0.